The Morgan fingerprint density at radius 1 is 1.00 bits per heavy atom. The van der Waals surface area contributed by atoms with Gasteiger partial charge in [-0.15, -0.1) is 0 Å². The third-order valence-corrected chi connectivity index (χ3v) is 5.87. The lowest BCUT2D eigenvalue weighted by Crippen LogP contribution is -2.48. The number of phenolic OH excluding ortho intramolecular Hbond substituents is 2. The largest absolute Gasteiger partial charge is 0.504 e. The first-order valence-corrected chi connectivity index (χ1v) is 9.94. The fourth-order valence-electron chi connectivity index (χ4n) is 3.91. The number of likely N-dealkylation sites (N-methyl/N-ethyl adjacent to an activating group) is 1. The second kappa shape index (κ2) is 7.45. The van der Waals surface area contributed by atoms with Crippen molar-refractivity contribution in [3.05, 3.63) is 54.2 Å². The van der Waals surface area contributed by atoms with E-state index in [9.17, 15) is 10.2 Å². The number of aromatic hydroxyl groups is 2. The van der Waals surface area contributed by atoms with Crippen molar-refractivity contribution in [1.82, 2.24) is 9.32 Å². The molecule has 0 aromatic heterocycles. The molecule has 0 aliphatic carbocycles. The zero-order valence-corrected chi connectivity index (χ0v) is 16.8. The van der Waals surface area contributed by atoms with E-state index >= 15 is 0 Å². The van der Waals surface area contributed by atoms with Crippen LogP contribution in [0.15, 0.2) is 48.7 Å². The summed E-state index contributed by atoms with van der Waals surface area (Å²) in [5.74, 6) is -0.301. The van der Waals surface area contributed by atoms with Crippen LogP contribution in [0.2, 0.25) is 0 Å². The topological polar surface area (TPSA) is 53.4 Å². The molecule has 2 N–H and O–H groups in total. The maximum Gasteiger partial charge on any atom is 0.199 e. The number of halogens is 1. The summed E-state index contributed by atoms with van der Waals surface area (Å²) in [6.45, 7) is 8.18. The maximum atomic E-state index is 9.89. The molecule has 0 fully saturated rings. The fourth-order valence-corrected chi connectivity index (χ4v) is 4.25. The van der Waals surface area contributed by atoms with Crippen LogP contribution in [0.25, 0.3) is 5.70 Å². The van der Waals surface area contributed by atoms with E-state index in [1.54, 1.807) is 10.5 Å². The van der Waals surface area contributed by atoms with E-state index in [2.05, 4.69) is 40.7 Å². The van der Waals surface area contributed by atoms with Crippen LogP contribution in [0.1, 0.15) is 19.4 Å². The lowest BCUT2D eigenvalue weighted by Gasteiger charge is -2.33. The Kier molecular flexibility index (Phi) is 5.00. The van der Waals surface area contributed by atoms with Crippen LogP contribution in [0.5, 0.6) is 11.5 Å². The Morgan fingerprint density at radius 3 is 2.39 bits per heavy atom. The molecule has 0 saturated heterocycles. The Labute approximate surface area is 170 Å². The van der Waals surface area contributed by atoms with Crippen molar-refractivity contribution in [2.75, 3.05) is 36.0 Å². The number of rotatable bonds is 6. The van der Waals surface area contributed by atoms with Gasteiger partial charge in [0.15, 0.2) is 17.8 Å². The van der Waals surface area contributed by atoms with Gasteiger partial charge in [-0.1, -0.05) is 26.0 Å². The van der Waals surface area contributed by atoms with E-state index in [1.165, 1.54) is 12.1 Å². The lowest BCUT2D eigenvalue weighted by atomic mass is 10.1. The summed E-state index contributed by atoms with van der Waals surface area (Å²) in [6, 6.07) is 13.1. The predicted molar refractivity (Wildman–Crippen MR) is 113 cm³/mol. The van der Waals surface area contributed by atoms with Crippen molar-refractivity contribution in [2.45, 2.75) is 20.1 Å². The molecule has 0 amide bonds. The average Bonchev–Trinajstić information content (AvgIpc) is 3.20. The predicted octanol–water partition coefficient (Wildman–Crippen LogP) is 3.82. The van der Waals surface area contributed by atoms with E-state index in [1.807, 2.05) is 18.3 Å². The molecule has 4 rings (SSSR count). The second-order valence-electron chi connectivity index (χ2n) is 6.99. The first kappa shape index (κ1) is 18.8. The fraction of sp³-hybridized carbons (Fsp3) is 0.333. The first-order chi connectivity index (χ1) is 13.5. The molecule has 7 heteroatoms. The van der Waals surface area contributed by atoms with Crippen LogP contribution in [0, 0.1) is 0 Å². The molecule has 2 aliphatic heterocycles. The van der Waals surface area contributed by atoms with Gasteiger partial charge < -0.3 is 24.9 Å². The van der Waals surface area contributed by atoms with E-state index in [4.69, 9.17) is 11.8 Å². The molecule has 2 aromatic rings. The van der Waals surface area contributed by atoms with E-state index in [0.717, 1.165) is 48.8 Å². The molecular weight excluding hydrogens is 376 g/mol. The SMILES string of the molecule is CCN(CC)CCN1c2ccccc2N2C=C(c3ccc(O)c(O)c3)N(Cl)C21. The van der Waals surface area contributed by atoms with Crippen molar-refractivity contribution in [1.29, 1.82) is 0 Å². The third-order valence-electron chi connectivity index (χ3n) is 5.51. The van der Waals surface area contributed by atoms with E-state index < -0.39 is 0 Å². The van der Waals surface area contributed by atoms with Gasteiger partial charge >= 0.3 is 0 Å². The average molecular weight is 401 g/mol. The minimum Gasteiger partial charge on any atom is -0.504 e. The Balaban J connectivity index is 1.67. The highest BCUT2D eigenvalue weighted by Crippen LogP contribution is 2.47. The van der Waals surface area contributed by atoms with Crippen LogP contribution >= 0.6 is 11.8 Å². The molecule has 0 spiro atoms. The number of hydrogen-bond donors (Lipinski definition) is 2. The van der Waals surface area contributed by atoms with Gasteiger partial charge in [0.1, 0.15) is 0 Å². The molecule has 6 nitrogen and oxygen atoms in total. The summed E-state index contributed by atoms with van der Waals surface area (Å²) in [6.07, 6.45) is 1.83. The van der Waals surface area contributed by atoms with Crippen molar-refractivity contribution in [2.24, 2.45) is 0 Å². The number of anilines is 2. The Hall–Kier alpha value is -2.57. The number of phenols is 2. The molecule has 1 unspecified atom stereocenters. The van der Waals surface area contributed by atoms with Gasteiger partial charge in [-0.2, -0.15) is 0 Å². The van der Waals surface area contributed by atoms with Gasteiger partial charge in [-0.25, -0.2) is 4.42 Å². The number of benzene rings is 2. The maximum absolute atomic E-state index is 9.89. The number of hydrogen-bond acceptors (Lipinski definition) is 6. The molecule has 28 heavy (non-hydrogen) atoms. The van der Waals surface area contributed by atoms with Crippen LogP contribution < -0.4 is 9.80 Å². The summed E-state index contributed by atoms with van der Waals surface area (Å²) in [4.78, 5) is 6.86. The summed E-state index contributed by atoms with van der Waals surface area (Å²) in [5.41, 5.74) is 3.80. The monoisotopic (exact) mass is 400 g/mol. The van der Waals surface area contributed by atoms with Crippen molar-refractivity contribution >= 4 is 28.8 Å². The molecule has 2 aliphatic rings. The van der Waals surface area contributed by atoms with Gasteiger partial charge in [-0.05, 0) is 43.4 Å². The highest BCUT2D eigenvalue weighted by atomic mass is 35.5. The molecule has 1 atom stereocenters. The second-order valence-corrected chi connectivity index (χ2v) is 7.36. The van der Waals surface area contributed by atoms with E-state index in [-0.39, 0.29) is 17.8 Å². The van der Waals surface area contributed by atoms with Crippen LogP contribution in [-0.4, -0.2) is 52.0 Å². The molecule has 0 bridgehead atoms. The molecule has 0 saturated carbocycles. The van der Waals surface area contributed by atoms with Gasteiger partial charge in [0.2, 0.25) is 0 Å². The quantitative estimate of drug-likeness (QED) is 0.568. The normalized spacial score (nSPS) is 17.9. The summed E-state index contributed by atoms with van der Waals surface area (Å²) >= 11 is 6.80. The highest BCUT2D eigenvalue weighted by molar-refractivity contribution is 6.19. The van der Waals surface area contributed by atoms with E-state index in [0.29, 0.717) is 0 Å². The summed E-state index contributed by atoms with van der Waals surface area (Å²) in [5, 5.41) is 19.5. The first-order valence-electron chi connectivity index (χ1n) is 9.60. The van der Waals surface area contributed by atoms with Gasteiger partial charge in [0.25, 0.3) is 0 Å². The van der Waals surface area contributed by atoms with Gasteiger partial charge in [-0.3, -0.25) is 0 Å². The van der Waals surface area contributed by atoms with Crippen LogP contribution in [0.4, 0.5) is 11.4 Å². The molecular formula is C21H25ClN4O2. The lowest BCUT2D eigenvalue weighted by molar-refractivity contribution is 0.302. The van der Waals surface area contributed by atoms with Crippen molar-refractivity contribution in [3.63, 3.8) is 0 Å². The minimum atomic E-state index is -0.166. The zero-order chi connectivity index (χ0) is 19.8. The third kappa shape index (κ3) is 3.02. The van der Waals surface area contributed by atoms with Crippen molar-refractivity contribution in [3.8, 4) is 11.5 Å². The molecule has 2 aromatic carbocycles. The smallest absolute Gasteiger partial charge is 0.199 e. The van der Waals surface area contributed by atoms with Crippen LogP contribution in [-0.2, 0) is 0 Å². The number of para-hydroxylation sites is 2. The summed E-state index contributed by atoms with van der Waals surface area (Å²) < 4.78 is 1.70. The number of fused-ring (bicyclic) bond motifs is 3. The standard InChI is InChI=1S/C21H25ClN4O2/c1-3-23(4-2)11-12-24-16-7-5-6-8-17(16)25-14-18(26(22)21(24)25)15-9-10-19(27)20(28)13-15/h5-10,13-14,21,27-28H,3-4,11-12H2,1-2H3. The van der Waals surface area contributed by atoms with Gasteiger partial charge in [0, 0.05) is 36.6 Å². The minimum absolute atomic E-state index is 0.143. The summed E-state index contributed by atoms with van der Waals surface area (Å²) in [7, 11) is 0. The molecule has 148 valence electrons. The highest BCUT2D eigenvalue weighted by Gasteiger charge is 2.44. The van der Waals surface area contributed by atoms with Crippen molar-refractivity contribution < 1.29 is 10.2 Å². The van der Waals surface area contributed by atoms with Crippen LogP contribution in [0.3, 0.4) is 0 Å². The number of nitrogens with zero attached hydrogens (tertiary/aromatic N) is 4. The Bertz CT molecular complexity index is 900. The molecule has 2 heterocycles. The van der Waals surface area contributed by atoms with Gasteiger partial charge in [0.05, 0.1) is 17.1 Å². The molecule has 0 radical (unpaired) electrons. The zero-order valence-electron chi connectivity index (χ0n) is 16.1. The Morgan fingerprint density at radius 2 is 1.71 bits per heavy atom.